The third kappa shape index (κ3) is 4.81. The van der Waals surface area contributed by atoms with Crippen molar-refractivity contribution >= 4 is 11.8 Å². The monoisotopic (exact) mass is 468 g/mol. The fraction of sp³-hybridized carbons (Fsp3) is 0.333. The largest absolute Gasteiger partial charge is 0.496 e. The van der Waals surface area contributed by atoms with E-state index in [2.05, 4.69) is 47.8 Å². The lowest BCUT2D eigenvalue weighted by Crippen LogP contribution is -2.48. The predicted molar refractivity (Wildman–Crippen MR) is 137 cm³/mol. The summed E-state index contributed by atoms with van der Waals surface area (Å²) in [7, 11) is 1.57. The number of fused-ring (bicyclic) bond motifs is 1. The van der Waals surface area contributed by atoms with Crippen LogP contribution in [0.5, 0.6) is 5.75 Å². The number of nitrogens with one attached hydrogen (secondary N) is 1. The van der Waals surface area contributed by atoms with E-state index in [1.54, 1.807) is 19.2 Å². The van der Waals surface area contributed by atoms with E-state index >= 15 is 0 Å². The lowest BCUT2D eigenvalue weighted by molar-refractivity contribution is -0.134. The van der Waals surface area contributed by atoms with Gasteiger partial charge in [0.2, 0.25) is 5.91 Å². The van der Waals surface area contributed by atoms with Crippen molar-refractivity contribution in [3.8, 4) is 5.75 Å². The number of ether oxygens (including phenoxy) is 1. The molecule has 2 aliphatic rings. The normalized spacial score (nSPS) is 20.1. The Bertz CT molecular complexity index is 1180. The SMILES string of the molecule is COc1ccccc1C(=O)NC1CCN(C(=O)[C@H]2CCC(c3ccccc3)c3ccccc32)CC1. The molecule has 0 bridgehead atoms. The molecule has 2 amide bonds. The van der Waals surface area contributed by atoms with E-state index < -0.39 is 0 Å². The standard InChI is InChI=1S/C30H32N2O3/c1-35-28-14-8-7-13-27(28)29(33)31-22-17-19-32(20-18-22)30(34)26-16-15-23(21-9-3-2-4-10-21)24-11-5-6-12-25(24)26/h2-14,22-23,26H,15-20H2,1H3,(H,31,33)/t23?,26-/m0/s1. The van der Waals surface area contributed by atoms with E-state index in [0.29, 0.717) is 30.3 Å². The van der Waals surface area contributed by atoms with E-state index in [1.807, 2.05) is 29.2 Å². The average molecular weight is 469 g/mol. The number of likely N-dealkylation sites (tertiary alicyclic amines) is 1. The van der Waals surface area contributed by atoms with Gasteiger partial charge in [-0.05, 0) is 54.5 Å². The smallest absolute Gasteiger partial charge is 0.255 e. The quantitative estimate of drug-likeness (QED) is 0.565. The predicted octanol–water partition coefficient (Wildman–Crippen LogP) is 5.13. The molecule has 1 aliphatic heterocycles. The highest BCUT2D eigenvalue weighted by molar-refractivity contribution is 5.97. The van der Waals surface area contributed by atoms with Crippen molar-refractivity contribution in [2.24, 2.45) is 0 Å². The molecule has 3 aromatic rings. The Balaban J connectivity index is 1.23. The number of benzene rings is 3. The summed E-state index contributed by atoms with van der Waals surface area (Å²) in [6.07, 6.45) is 3.35. The van der Waals surface area contributed by atoms with Gasteiger partial charge in [0.25, 0.3) is 5.91 Å². The maximum Gasteiger partial charge on any atom is 0.255 e. The third-order valence-corrected chi connectivity index (χ3v) is 7.48. The zero-order chi connectivity index (χ0) is 24.2. The van der Waals surface area contributed by atoms with E-state index in [9.17, 15) is 9.59 Å². The summed E-state index contributed by atoms with van der Waals surface area (Å²) in [4.78, 5) is 28.4. The first kappa shape index (κ1) is 23.2. The molecular formula is C30H32N2O3. The van der Waals surface area contributed by atoms with Crippen molar-refractivity contribution < 1.29 is 14.3 Å². The fourth-order valence-electron chi connectivity index (χ4n) is 5.64. The van der Waals surface area contributed by atoms with Crippen molar-refractivity contribution in [2.45, 2.75) is 43.6 Å². The van der Waals surface area contributed by atoms with Gasteiger partial charge in [0.05, 0.1) is 18.6 Å². The zero-order valence-electron chi connectivity index (χ0n) is 20.2. The molecule has 2 atom stereocenters. The summed E-state index contributed by atoms with van der Waals surface area (Å²) in [6.45, 7) is 1.33. The Morgan fingerprint density at radius 2 is 1.46 bits per heavy atom. The topological polar surface area (TPSA) is 58.6 Å². The number of amides is 2. The molecule has 1 aliphatic carbocycles. The highest BCUT2D eigenvalue weighted by Gasteiger charge is 2.35. The summed E-state index contributed by atoms with van der Waals surface area (Å²) >= 11 is 0. The zero-order valence-corrected chi connectivity index (χ0v) is 20.2. The second-order valence-electron chi connectivity index (χ2n) is 9.50. The summed E-state index contributed by atoms with van der Waals surface area (Å²) in [5.41, 5.74) is 4.31. The second-order valence-corrected chi connectivity index (χ2v) is 9.50. The van der Waals surface area contributed by atoms with Crippen LogP contribution in [0.2, 0.25) is 0 Å². The fourth-order valence-corrected chi connectivity index (χ4v) is 5.64. The highest BCUT2D eigenvalue weighted by atomic mass is 16.5. The summed E-state index contributed by atoms with van der Waals surface area (Å²) in [5.74, 6) is 0.916. The summed E-state index contributed by atoms with van der Waals surface area (Å²) < 4.78 is 5.32. The lowest BCUT2D eigenvalue weighted by atomic mass is 9.73. The molecule has 5 heteroatoms. The molecule has 1 saturated heterocycles. The van der Waals surface area contributed by atoms with Crippen molar-refractivity contribution in [1.82, 2.24) is 10.2 Å². The lowest BCUT2D eigenvalue weighted by Gasteiger charge is -2.37. The highest BCUT2D eigenvalue weighted by Crippen LogP contribution is 2.43. The Hall–Kier alpha value is -3.60. The first-order valence-corrected chi connectivity index (χ1v) is 12.5. The van der Waals surface area contributed by atoms with Crippen LogP contribution in [0.1, 0.15) is 64.6 Å². The molecule has 0 radical (unpaired) electrons. The van der Waals surface area contributed by atoms with Crippen LogP contribution in [-0.2, 0) is 4.79 Å². The number of nitrogens with zero attached hydrogens (tertiary/aromatic N) is 1. The molecule has 0 saturated carbocycles. The minimum atomic E-state index is -0.125. The number of para-hydroxylation sites is 1. The Morgan fingerprint density at radius 1 is 0.800 bits per heavy atom. The van der Waals surface area contributed by atoms with Crippen LogP contribution in [0.4, 0.5) is 0 Å². The van der Waals surface area contributed by atoms with Crippen LogP contribution in [0.3, 0.4) is 0 Å². The number of methoxy groups -OCH3 is 1. The van der Waals surface area contributed by atoms with E-state index in [0.717, 1.165) is 25.7 Å². The number of piperidine rings is 1. The van der Waals surface area contributed by atoms with E-state index in [-0.39, 0.29) is 23.8 Å². The summed E-state index contributed by atoms with van der Waals surface area (Å²) in [6, 6.07) is 26.4. The molecule has 180 valence electrons. The third-order valence-electron chi connectivity index (χ3n) is 7.48. The maximum atomic E-state index is 13.6. The Labute approximate surface area is 207 Å². The van der Waals surface area contributed by atoms with Gasteiger partial charge in [-0.25, -0.2) is 0 Å². The molecule has 0 spiro atoms. The number of carbonyl (C=O) groups is 2. The number of carbonyl (C=O) groups excluding carboxylic acids is 2. The van der Waals surface area contributed by atoms with Crippen LogP contribution in [0.25, 0.3) is 0 Å². The van der Waals surface area contributed by atoms with Crippen LogP contribution >= 0.6 is 0 Å². The Morgan fingerprint density at radius 3 is 2.20 bits per heavy atom. The molecule has 35 heavy (non-hydrogen) atoms. The van der Waals surface area contributed by atoms with Gasteiger partial charge < -0.3 is 15.0 Å². The van der Waals surface area contributed by atoms with Crippen molar-refractivity contribution in [3.05, 3.63) is 101 Å². The first-order chi connectivity index (χ1) is 17.2. The van der Waals surface area contributed by atoms with Gasteiger partial charge in [-0.3, -0.25) is 9.59 Å². The van der Waals surface area contributed by atoms with Crippen LogP contribution in [-0.4, -0.2) is 43.0 Å². The molecule has 3 aromatic carbocycles. The molecule has 5 rings (SSSR count). The van der Waals surface area contributed by atoms with Crippen LogP contribution in [0, 0.1) is 0 Å². The number of hydrogen-bond donors (Lipinski definition) is 1. The molecule has 1 unspecified atom stereocenters. The molecule has 0 aromatic heterocycles. The molecule has 1 heterocycles. The van der Waals surface area contributed by atoms with Gasteiger partial charge in [-0.15, -0.1) is 0 Å². The van der Waals surface area contributed by atoms with Crippen molar-refractivity contribution in [1.29, 1.82) is 0 Å². The minimum absolute atomic E-state index is 0.0533. The van der Waals surface area contributed by atoms with Gasteiger partial charge in [-0.1, -0.05) is 66.7 Å². The van der Waals surface area contributed by atoms with Crippen molar-refractivity contribution in [2.75, 3.05) is 20.2 Å². The van der Waals surface area contributed by atoms with Crippen molar-refractivity contribution in [3.63, 3.8) is 0 Å². The molecular weight excluding hydrogens is 436 g/mol. The summed E-state index contributed by atoms with van der Waals surface area (Å²) in [5, 5.41) is 3.13. The average Bonchev–Trinajstić information content (AvgIpc) is 2.93. The van der Waals surface area contributed by atoms with Crippen LogP contribution in [0.15, 0.2) is 78.9 Å². The van der Waals surface area contributed by atoms with Gasteiger partial charge in [0.15, 0.2) is 0 Å². The van der Waals surface area contributed by atoms with E-state index in [4.69, 9.17) is 4.74 Å². The van der Waals surface area contributed by atoms with Gasteiger partial charge >= 0.3 is 0 Å². The number of hydrogen-bond acceptors (Lipinski definition) is 3. The van der Waals surface area contributed by atoms with Gasteiger partial charge in [-0.2, -0.15) is 0 Å². The first-order valence-electron chi connectivity index (χ1n) is 12.5. The van der Waals surface area contributed by atoms with Crippen LogP contribution < -0.4 is 10.1 Å². The number of rotatable bonds is 5. The maximum absolute atomic E-state index is 13.6. The minimum Gasteiger partial charge on any atom is -0.496 e. The van der Waals surface area contributed by atoms with Gasteiger partial charge in [0.1, 0.15) is 5.75 Å². The molecule has 1 N–H and O–H groups in total. The van der Waals surface area contributed by atoms with Gasteiger partial charge in [0, 0.05) is 25.0 Å². The molecule has 1 fully saturated rings. The Kier molecular flexibility index (Phi) is 6.84. The molecule has 5 nitrogen and oxygen atoms in total. The second kappa shape index (κ2) is 10.3. The van der Waals surface area contributed by atoms with E-state index in [1.165, 1.54) is 16.7 Å².